The molecule has 0 atom stereocenters. The summed E-state index contributed by atoms with van der Waals surface area (Å²) in [4.78, 5) is 24.7. The van der Waals surface area contributed by atoms with Crippen LogP contribution in [0.15, 0.2) is 105 Å². The van der Waals surface area contributed by atoms with Gasteiger partial charge in [0.1, 0.15) is 23.9 Å². The van der Waals surface area contributed by atoms with E-state index in [1.54, 1.807) is 42.5 Å². The lowest BCUT2D eigenvalue weighted by molar-refractivity contribution is 0.0700. The molecule has 0 aliphatic heterocycles. The number of hydrazone groups is 1. The molecule has 0 aliphatic rings. The van der Waals surface area contributed by atoms with E-state index in [1.165, 1.54) is 18.5 Å². The molecule has 3 heterocycles. The minimum Gasteiger partial charge on any atom is -0.486 e. The highest BCUT2D eigenvalue weighted by atomic mass is 16.5. The third-order valence-electron chi connectivity index (χ3n) is 5.85. The largest absolute Gasteiger partial charge is 0.486 e. The highest BCUT2D eigenvalue weighted by molar-refractivity contribution is 5.93. The molecule has 3 aromatic heterocycles. The number of amides is 1. The Labute approximate surface area is 224 Å². The topological polar surface area (TPSA) is 108 Å². The third kappa shape index (κ3) is 5.99. The first-order valence-corrected chi connectivity index (χ1v) is 12.1. The Bertz CT molecular complexity index is 1590. The molecule has 2 aromatic carbocycles. The number of rotatable bonds is 9. The highest BCUT2D eigenvalue weighted by Crippen LogP contribution is 2.21. The summed E-state index contributed by atoms with van der Waals surface area (Å²) in [5, 5.41) is 3.96. The maximum Gasteiger partial charge on any atom is 0.379 e. The fourth-order valence-electron chi connectivity index (χ4n) is 3.94. The summed E-state index contributed by atoms with van der Waals surface area (Å²) in [6.45, 7) is 4.28. The summed E-state index contributed by atoms with van der Waals surface area (Å²) >= 11 is 0. The Kier molecular flexibility index (Phi) is 7.40. The first kappa shape index (κ1) is 25.3. The maximum atomic E-state index is 12.5. The molecule has 1 amide bonds. The van der Waals surface area contributed by atoms with Crippen LogP contribution in [0.1, 0.15) is 43.8 Å². The molecule has 0 fully saturated rings. The maximum absolute atomic E-state index is 12.5. The fraction of sp³-hybridized carbons (Fsp3) is 0.100. The van der Waals surface area contributed by atoms with E-state index in [4.69, 9.17) is 18.3 Å². The SMILES string of the molecule is Cc1ccc(C)n1-c1ccc(OCc2ccc(C(=O)N/N=C\c3ccccc3OC(=O)c3ccco3)o2)cc1. The number of ether oxygens (including phenoxy) is 2. The number of aromatic nitrogens is 1. The van der Waals surface area contributed by atoms with E-state index in [-0.39, 0.29) is 23.9 Å². The number of benzene rings is 2. The van der Waals surface area contributed by atoms with Gasteiger partial charge in [0.2, 0.25) is 5.76 Å². The van der Waals surface area contributed by atoms with Crippen molar-refractivity contribution in [1.29, 1.82) is 0 Å². The molecule has 1 N–H and O–H groups in total. The van der Waals surface area contributed by atoms with Crippen molar-refractivity contribution < 1.29 is 27.9 Å². The van der Waals surface area contributed by atoms with E-state index in [2.05, 4.69) is 41.1 Å². The summed E-state index contributed by atoms with van der Waals surface area (Å²) in [5.74, 6) is 0.409. The lowest BCUT2D eigenvalue weighted by atomic mass is 10.2. The number of esters is 1. The van der Waals surface area contributed by atoms with E-state index in [0.29, 0.717) is 17.1 Å². The van der Waals surface area contributed by atoms with Crippen molar-refractivity contribution in [1.82, 2.24) is 9.99 Å². The van der Waals surface area contributed by atoms with Crippen LogP contribution in [0.4, 0.5) is 0 Å². The van der Waals surface area contributed by atoms with Gasteiger partial charge >= 0.3 is 11.9 Å². The molecule has 0 radical (unpaired) electrons. The van der Waals surface area contributed by atoms with E-state index < -0.39 is 11.9 Å². The zero-order valence-electron chi connectivity index (χ0n) is 21.3. The van der Waals surface area contributed by atoms with Crippen molar-refractivity contribution in [2.24, 2.45) is 5.10 Å². The van der Waals surface area contributed by atoms with Crippen molar-refractivity contribution in [3.8, 4) is 17.2 Å². The van der Waals surface area contributed by atoms with Gasteiger partial charge in [0, 0.05) is 22.6 Å². The van der Waals surface area contributed by atoms with Gasteiger partial charge in [0.05, 0.1) is 12.5 Å². The minimum atomic E-state index is -0.641. The average Bonchev–Trinajstić information content (AvgIpc) is 3.71. The zero-order valence-corrected chi connectivity index (χ0v) is 21.3. The molecule has 0 unspecified atom stereocenters. The van der Waals surface area contributed by atoms with Gasteiger partial charge in [0.15, 0.2) is 5.76 Å². The summed E-state index contributed by atoms with van der Waals surface area (Å²) < 4.78 is 24.0. The number of hydrogen-bond donors (Lipinski definition) is 1. The van der Waals surface area contributed by atoms with Gasteiger partial charge in [-0.1, -0.05) is 12.1 Å². The molecular weight excluding hydrogens is 498 g/mol. The van der Waals surface area contributed by atoms with Crippen LogP contribution in [0.25, 0.3) is 5.69 Å². The van der Waals surface area contributed by atoms with Gasteiger partial charge in [-0.05, 0) is 86.6 Å². The zero-order chi connectivity index (χ0) is 27.2. The molecule has 0 aliphatic carbocycles. The molecule has 0 saturated carbocycles. The van der Waals surface area contributed by atoms with Crippen molar-refractivity contribution in [2.45, 2.75) is 20.5 Å². The summed E-state index contributed by atoms with van der Waals surface area (Å²) in [6.07, 6.45) is 2.76. The van der Waals surface area contributed by atoms with Gasteiger partial charge in [-0.3, -0.25) is 4.79 Å². The van der Waals surface area contributed by atoms with Gasteiger partial charge in [-0.25, -0.2) is 10.2 Å². The predicted molar refractivity (Wildman–Crippen MR) is 143 cm³/mol. The number of furan rings is 2. The van der Waals surface area contributed by atoms with Gasteiger partial charge in [-0.2, -0.15) is 5.10 Å². The first-order valence-electron chi connectivity index (χ1n) is 12.1. The van der Waals surface area contributed by atoms with Crippen LogP contribution >= 0.6 is 0 Å². The van der Waals surface area contributed by atoms with Crippen LogP contribution in [0.5, 0.6) is 11.5 Å². The Morgan fingerprint density at radius 2 is 1.67 bits per heavy atom. The molecule has 5 rings (SSSR count). The number of carbonyl (C=O) groups excluding carboxylic acids is 2. The number of hydrogen-bond acceptors (Lipinski definition) is 7. The molecule has 0 bridgehead atoms. The van der Waals surface area contributed by atoms with E-state index in [0.717, 1.165) is 17.1 Å². The molecule has 0 saturated heterocycles. The first-order chi connectivity index (χ1) is 19.0. The molecule has 39 heavy (non-hydrogen) atoms. The standard InChI is InChI=1S/C30H25N3O6/c1-20-9-10-21(2)33(20)23-11-13-24(14-12-23)37-19-25-15-16-27(38-25)29(34)32-31-18-22-6-3-4-7-26(22)39-30(35)28-8-5-17-36-28/h3-18H,19H2,1-2H3,(H,32,34)/b31-18-. The van der Waals surface area contributed by atoms with Crippen LogP contribution in [-0.2, 0) is 6.61 Å². The number of nitrogens with zero attached hydrogens (tertiary/aromatic N) is 2. The van der Waals surface area contributed by atoms with Crippen LogP contribution in [-0.4, -0.2) is 22.7 Å². The van der Waals surface area contributed by atoms with Crippen molar-refractivity contribution in [3.63, 3.8) is 0 Å². The highest BCUT2D eigenvalue weighted by Gasteiger charge is 2.14. The second-order valence-electron chi connectivity index (χ2n) is 8.60. The van der Waals surface area contributed by atoms with Crippen LogP contribution in [0.3, 0.4) is 0 Å². The average molecular weight is 524 g/mol. The number of aryl methyl sites for hydroxylation is 2. The lowest BCUT2D eigenvalue weighted by Gasteiger charge is -2.10. The quantitative estimate of drug-likeness (QED) is 0.113. The normalized spacial score (nSPS) is 11.0. The molecule has 0 spiro atoms. The summed E-state index contributed by atoms with van der Waals surface area (Å²) in [6, 6.07) is 25.0. The molecule has 9 heteroatoms. The molecular formula is C30H25N3O6. The number of nitrogens with one attached hydrogen (secondary N) is 1. The Hall–Kier alpha value is -5.31. The Morgan fingerprint density at radius 3 is 2.41 bits per heavy atom. The van der Waals surface area contributed by atoms with Crippen LogP contribution in [0, 0.1) is 13.8 Å². The summed E-state index contributed by atoms with van der Waals surface area (Å²) in [5.41, 5.74) is 6.26. The fourth-order valence-corrected chi connectivity index (χ4v) is 3.94. The van der Waals surface area contributed by atoms with Gasteiger partial charge in [0.25, 0.3) is 0 Å². The molecule has 196 valence electrons. The van der Waals surface area contributed by atoms with Gasteiger partial charge < -0.3 is 22.9 Å². The Balaban J connectivity index is 1.15. The smallest absolute Gasteiger partial charge is 0.379 e. The lowest BCUT2D eigenvalue weighted by Crippen LogP contribution is -2.17. The molecule has 5 aromatic rings. The second-order valence-corrected chi connectivity index (χ2v) is 8.60. The Morgan fingerprint density at radius 1 is 0.897 bits per heavy atom. The van der Waals surface area contributed by atoms with Crippen LogP contribution in [0.2, 0.25) is 0 Å². The predicted octanol–water partition coefficient (Wildman–Crippen LogP) is 5.84. The van der Waals surface area contributed by atoms with Crippen LogP contribution < -0.4 is 14.9 Å². The minimum absolute atomic E-state index is 0.0757. The monoisotopic (exact) mass is 523 g/mol. The number of carbonyl (C=O) groups is 2. The van der Waals surface area contributed by atoms with Gasteiger partial charge in [-0.15, -0.1) is 0 Å². The van der Waals surface area contributed by atoms with E-state index in [9.17, 15) is 9.59 Å². The van der Waals surface area contributed by atoms with E-state index >= 15 is 0 Å². The summed E-state index contributed by atoms with van der Waals surface area (Å²) in [7, 11) is 0. The molecule has 9 nitrogen and oxygen atoms in total. The number of para-hydroxylation sites is 1. The van der Waals surface area contributed by atoms with Crippen molar-refractivity contribution in [2.75, 3.05) is 0 Å². The second kappa shape index (κ2) is 11.4. The van der Waals surface area contributed by atoms with Crippen molar-refractivity contribution >= 4 is 18.1 Å². The van der Waals surface area contributed by atoms with Crippen molar-refractivity contribution in [3.05, 3.63) is 125 Å². The van der Waals surface area contributed by atoms with E-state index in [1.807, 2.05) is 24.3 Å². The third-order valence-corrected chi connectivity index (χ3v) is 5.85.